The van der Waals surface area contributed by atoms with Crippen LogP contribution in [0.25, 0.3) is 5.65 Å². The van der Waals surface area contributed by atoms with Crippen LogP contribution in [0.4, 0.5) is 0 Å². The molecule has 1 unspecified atom stereocenters. The molecule has 0 fully saturated rings. The molecular formula is C19H23N5O. The zero-order valence-corrected chi connectivity index (χ0v) is 15.1. The van der Waals surface area contributed by atoms with E-state index in [9.17, 15) is 4.79 Å². The van der Waals surface area contributed by atoms with Gasteiger partial charge in [0, 0.05) is 36.3 Å². The van der Waals surface area contributed by atoms with Gasteiger partial charge in [0.2, 0.25) is 5.91 Å². The molecule has 25 heavy (non-hydrogen) atoms. The smallest absolute Gasteiger partial charge is 0.220 e. The van der Waals surface area contributed by atoms with Gasteiger partial charge in [0.1, 0.15) is 0 Å². The van der Waals surface area contributed by atoms with Gasteiger partial charge in [0.15, 0.2) is 5.65 Å². The van der Waals surface area contributed by atoms with Gasteiger partial charge < -0.3 is 5.32 Å². The maximum Gasteiger partial charge on any atom is 0.220 e. The average Bonchev–Trinajstić information content (AvgIpc) is 2.96. The lowest BCUT2D eigenvalue weighted by Crippen LogP contribution is -2.27. The van der Waals surface area contributed by atoms with Gasteiger partial charge in [-0.25, -0.2) is 9.50 Å². The molecule has 0 aliphatic carbocycles. The third-order valence-corrected chi connectivity index (χ3v) is 4.45. The fourth-order valence-corrected chi connectivity index (χ4v) is 3.07. The average molecular weight is 337 g/mol. The minimum Gasteiger partial charge on any atom is -0.350 e. The van der Waals surface area contributed by atoms with E-state index in [2.05, 4.69) is 20.4 Å². The fourth-order valence-electron chi connectivity index (χ4n) is 3.07. The van der Waals surface area contributed by atoms with Gasteiger partial charge in [-0.05, 0) is 51.3 Å². The van der Waals surface area contributed by atoms with Gasteiger partial charge in [-0.15, -0.1) is 0 Å². The van der Waals surface area contributed by atoms with Gasteiger partial charge in [-0.2, -0.15) is 5.10 Å². The van der Waals surface area contributed by atoms with E-state index < -0.39 is 0 Å². The lowest BCUT2D eigenvalue weighted by Gasteiger charge is -2.15. The Balaban J connectivity index is 1.69. The Morgan fingerprint density at radius 2 is 2.12 bits per heavy atom. The molecule has 1 atom stereocenters. The summed E-state index contributed by atoms with van der Waals surface area (Å²) in [5.41, 5.74) is 5.88. The number of aryl methyl sites for hydroxylation is 3. The number of pyridine rings is 1. The predicted molar refractivity (Wildman–Crippen MR) is 96.3 cm³/mol. The standard InChI is InChI=1S/C19H23N5O/c1-12-10-18-21-14(3)17(15(4)24(18)23-12)7-8-19(25)22-13(2)16-6-5-9-20-11-16/h5-6,9-11,13H,7-8H2,1-4H3,(H,22,25). The van der Waals surface area contributed by atoms with Crippen molar-refractivity contribution in [3.8, 4) is 0 Å². The van der Waals surface area contributed by atoms with Gasteiger partial charge in [-0.1, -0.05) is 6.07 Å². The van der Waals surface area contributed by atoms with Crippen LogP contribution < -0.4 is 5.32 Å². The number of carbonyl (C=O) groups excluding carboxylic acids is 1. The summed E-state index contributed by atoms with van der Waals surface area (Å²) in [7, 11) is 0. The number of rotatable bonds is 5. The van der Waals surface area contributed by atoms with Crippen LogP contribution in [0.1, 0.15) is 47.6 Å². The number of hydrogen-bond donors (Lipinski definition) is 1. The zero-order valence-electron chi connectivity index (χ0n) is 15.1. The quantitative estimate of drug-likeness (QED) is 0.777. The Kier molecular flexibility index (Phi) is 4.79. The third kappa shape index (κ3) is 3.68. The Hall–Kier alpha value is -2.76. The van der Waals surface area contributed by atoms with Crippen molar-refractivity contribution in [2.45, 2.75) is 46.6 Å². The molecule has 130 valence electrons. The van der Waals surface area contributed by atoms with Crippen molar-refractivity contribution >= 4 is 11.6 Å². The first kappa shape index (κ1) is 17.1. The topological polar surface area (TPSA) is 72.2 Å². The molecule has 0 aliphatic rings. The summed E-state index contributed by atoms with van der Waals surface area (Å²) in [6.45, 7) is 7.93. The lowest BCUT2D eigenvalue weighted by atomic mass is 10.1. The minimum atomic E-state index is -0.0576. The van der Waals surface area contributed by atoms with Gasteiger partial charge in [0.05, 0.1) is 11.7 Å². The van der Waals surface area contributed by atoms with Crippen molar-refractivity contribution in [3.63, 3.8) is 0 Å². The Labute approximate surface area is 147 Å². The third-order valence-electron chi connectivity index (χ3n) is 4.45. The molecule has 6 nitrogen and oxygen atoms in total. The summed E-state index contributed by atoms with van der Waals surface area (Å²) < 4.78 is 1.85. The Morgan fingerprint density at radius 1 is 1.32 bits per heavy atom. The minimum absolute atomic E-state index is 0.0203. The molecule has 0 bridgehead atoms. The maximum absolute atomic E-state index is 12.3. The molecule has 0 radical (unpaired) electrons. The molecule has 0 saturated heterocycles. The first-order valence-electron chi connectivity index (χ1n) is 8.47. The summed E-state index contributed by atoms with van der Waals surface area (Å²) in [5, 5.41) is 7.50. The van der Waals surface area contributed by atoms with Crippen molar-refractivity contribution in [2.75, 3.05) is 0 Å². The maximum atomic E-state index is 12.3. The predicted octanol–water partition coefficient (Wildman–Crippen LogP) is 2.86. The first-order valence-corrected chi connectivity index (χ1v) is 8.47. The van der Waals surface area contributed by atoms with E-state index in [-0.39, 0.29) is 11.9 Å². The molecule has 6 heteroatoms. The SMILES string of the molecule is Cc1cc2nc(C)c(CCC(=O)NC(C)c3cccnc3)c(C)n2n1. The van der Waals surface area contributed by atoms with E-state index in [1.54, 1.807) is 12.4 Å². The highest BCUT2D eigenvalue weighted by molar-refractivity contribution is 5.76. The molecule has 0 saturated carbocycles. The van der Waals surface area contributed by atoms with Crippen LogP contribution in [0.2, 0.25) is 0 Å². The highest BCUT2D eigenvalue weighted by atomic mass is 16.1. The number of amides is 1. The number of hydrogen-bond acceptors (Lipinski definition) is 4. The van der Waals surface area contributed by atoms with Crippen LogP contribution in [0.15, 0.2) is 30.6 Å². The van der Waals surface area contributed by atoms with Crippen molar-refractivity contribution in [1.82, 2.24) is 24.9 Å². The molecule has 3 aromatic rings. The Morgan fingerprint density at radius 3 is 2.84 bits per heavy atom. The molecule has 0 aliphatic heterocycles. The summed E-state index contributed by atoms with van der Waals surface area (Å²) in [6, 6.07) is 5.74. The normalized spacial score (nSPS) is 12.3. The molecule has 0 spiro atoms. The number of fused-ring (bicyclic) bond motifs is 1. The van der Waals surface area contributed by atoms with Gasteiger partial charge >= 0.3 is 0 Å². The van der Waals surface area contributed by atoms with Crippen molar-refractivity contribution < 1.29 is 4.79 Å². The summed E-state index contributed by atoms with van der Waals surface area (Å²) in [5.74, 6) is 0.0203. The summed E-state index contributed by atoms with van der Waals surface area (Å²) >= 11 is 0. The molecule has 3 aromatic heterocycles. The second kappa shape index (κ2) is 7.01. The molecule has 1 N–H and O–H groups in total. The number of nitrogens with one attached hydrogen (secondary N) is 1. The molecule has 3 rings (SSSR count). The zero-order chi connectivity index (χ0) is 18.0. The van der Waals surface area contributed by atoms with Crippen molar-refractivity contribution in [1.29, 1.82) is 0 Å². The highest BCUT2D eigenvalue weighted by Gasteiger charge is 2.14. The van der Waals surface area contributed by atoms with E-state index in [0.29, 0.717) is 12.8 Å². The van der Waals surface area contributed by atoms with Crippen LogP contribution in [0, 0.1) is 20.8 Å². The van der Waals surface area contributed by atoms with Crippen molar-refractivity contribution in [2.24, 2.45) is 0 Å². The van der Waals surface area contributed by atoms with E-state index in [0.717, 1.165) is 33.9 Å². The summed E-state index contributed by atoms with van der Waals surface area (Å²) in [6.07, 6.45) is 4.56. The lowest BCUT2D eigenvalue weighted by molar-refractivity contribution is -0.121. The first-order chi connectivity index (χ1) is 12.0. The molecule has 3 heterocycles. The Bertz CT molecular complexity index is 901. The van der Waals surface area contributed by atoms with E-state index >= 15 is 0 Å². The van der Waals surface area contributed by atoms with Gasteiger partial charge in [0.25, 0.3) is 0 Å². The molecular weight excluding hydrogens is 314 g/mol. The van der Waals surface area contributed by atoms with E-state index in [1.807, 2.05) is 50.4 Å². The van der Waals surface area contributed by atoms with Crippen LogP contribution in [0.3, 0.4) is 0 Å². The van der Waals surface area contributed by atoms with E-state index in [1.165, 1.54) is 0 Å². The van der Waals surface area contributed by atoms with Crippen LogP contribution in [0.5, 0.6) is 0 Å². The summed E-state index contributed by atoms with van der Waals surface area (Å²) in [4.78, 5) is 21.0. The fraction of sp³-hybridized carbons (Fsp3) is 0.368. The second-order valence-corrected chi connectivity index (χ2v) is 6.39. The largest absolute Gasteiger partial charge is 0.350 e. The molecule has 0 aromatic carbocycles. The van der Waals surface area contributed by atoms with Crippen LogP contribution in [-0.4, -0.2) is 25.5 Å². The number of nitrogens with zero attached hydrogens (tertiary/aromatic N) is 4. The van der Waals surface area contributed by atoms with Gasteiger partial charge in [-0.3, -0.25) is 9.78 Å². The van der Waals surface area contributed by atoms with E-state index in [4.69, 9.17) is 0 Å². The van der Waals surface area contributed by atoms with Crippen LogP contribution in [-0.2, 0) is 11.2 Å². The van der Waals surface area contributed by atoms with Crippen LogP contribution >= 0.6 is 0 Å². The monoisotopic (exact) mass is 337 g/mol. The molecule has 1 amide bonds. The highest BCUT2D eigenvalue weighted by Crippen LogP contribution is 2.17. The van der Waals surface area contributed by atoms with Crippen molar-refractivity contribution in [3.05, 3.63) is 58.8 Å². The number of carbonyl (C=O) groups is 1. The number of aromatic nitrogens is 4. The second-order valence-electron chi connectivity index (χ2n) is 6.39.